The van der Waals surface area contributed by atoms with Crippen molar-refractivity contribution >= 4 is 27.5 Å². The number of allylic oxidation sites excluding steroid dienone is 1. The van der Waals surface area contributed by atoms with E-state index in [2.05, 4.69) is 88.8 Å². The highest BCUT2D eigenvalue weighted by Gasteiger charge is 2.20. The summed E-state index contributed by atoms with van der Waals surface area (Å²) >= 11 is 0. The molecule has 0 atom stereocenters. The minimum absolute atomic E-state index is 0.148. The maximum absolute atomic E-state index is 9.19. The number of hydrogen-bond donors (Lipinski definition) is 1. The molecule has 0 saturated carbocycles. The normalized spacial score (nSPS) is 11.1. The summed E-state index contributed by atoms with van der Waals surface area (Å²) in [6, 6.07) is 25.7. The molecule has 0 amide bonds. The van der Waals surface area contributed by atoms with Crippen LogP contribution in [0.2, 0.25) is 0 Å². The van der Waals surface area contributed by atoms with Gasteiger partial charge in [0.25, 0.3) is 0 Å². The van der Waals surface area contributed by atoms with Crippen LogP contribution in [-0.2, 0) is 6.54 Å². The first-order chi connectivity index (χ1) is 13.7. The van der Waals surface area contributed by atoms with Gasteiger partial charge in [0.15, 0.2) is 6.54 Å². The predicted octanol–water partition coefficient (Wildman–Crippen LogP) is 4.56. The number of fused-ring (bicyclic) bond motifs is 2. The summed E-state index contributed by atoms with van der Waals surface area (Å²) in [6.07, 6.45) is 1.95. The fourth-order valence-electron chi connectivity index (χ4n) is 3.91. The van der Waals surface area contributed by atoms with Crippen LogP contribution < -0.4 is 9.47 Å². The number of benzene rings is 3. The van der Waals surface area contributed by atoms with Gasteiger partial charge in [0.1, 0.15) is 0 Å². The summed E-state index contributed by atoms with van der Waals surface area (Å²) in [5.41, 5.74) is 5.96. The molecule has 140 valence electrons. The van der Waals surface area contributed by atoms with Crippen LogP contribution in [0.4, 0.5) is 5.69 Å². The molecule has 4 rings (SSSR count). The second-order valence-corrected chi connectivity index (χ2v) is 7.00. The SMILES string of the molecule is C=CC[n+]1c2ccccc2c(-c2ccc(N(C)CCO)cc2)c2ccccc21. The molecule has 3 aromatic carbocycles. The summed E-state index contributed by atoms with van der Waals surface area (Å²) in [7, 11) is 2.00. The van der Waals surface area contributed by atoms with Crippen molar-refractivity contribution in [2.75, 3.05) is 25.1 Å². The van der Waals surface area contributed by atoms with Crippen LogP contribution in [0.3, 0.4) is 0 Å². The van der Waals surface area contributed by atoms with Gasteiger partial charge < -0.3 is 10.0 Å². The Balaban J connectivity index is 1.98. The van der Waals surface area contributed by atoms with Crippen molar-refractivity contribution in [1.82, 2.24) is 0 Å². The summed E-state index contributed by atoms with van der Waals surface area (Å²) in [5.74, 6) is 0. The van der Waals surface area contributed by atoms with E-state index >= 15 is 0 Å². The Kier molecular flexibility index (Phi) is 5.09. The molecule has 0 unspecified atom stereocenters. The van der Waals surface area contributed by atoms with Gasteiger partial charge in [0.05, 0.1) is 17.4 Å². The van der Waals surface area contributed by atoms with E-state index in [-0.39, 0.29) is 6.61 Å². The number of aliphatic hydroxyl groups excluding tert-OH is 1. The van der Waals surface area contributed by atoms with Crippen LogP contribution in [0, 0.1) is 0 Å². The first-order valence-electron chi connectivity index (χ1n) is 9.61. The van der Waals surface area contributed by atoms with Gasteiger partial charge in [-0.25, -0.2) is 0 Å². The third-order valence-electron chi connectivity index (χ3n) is 5.27. The summed E-state index contributed by atoms with van der Waals surface area (Å²) < 4.78 is 2.32. The lowest BCUT2D eigenvalue weighted by Gasteiger charge is -2.18. The van der Waals surface area contributed by atoms with Crippen molar-refractivity contribution in [1.29, 1.82) is 0 Å². The largest absolute Gasteiger partial charge is 0.395 e. The molecule has 0 fully saturated rings. The van der Waals surface area contributed by atoms with Gasteiger partial charge in [-0.15, -0.1) is 0 Å². The lowest BCUT2D eigenvalue weighted by Crippen LogP contribution is -2.34. The van der Waals surface area contributed by atoms with Crippen LogP contribution in [0.1, 0.15) is 0 Å². The van der Waals surface area contributed by atoms with E-state index in [1.165, 1.54) is 32.9 Å². The molecule has 1 heterocycles. The fourth-order valence-corrected chi connectivity index (χ4v) is 3.91. The number of aliphatic hydroxyl groups is 1. The van der Waals surface area contributed by atoms with Crippen molar-refractivity contribution in [3.05, 3.63) is 85.5 Å². The first kappa shape index (κ1) is 18.2. The molecule has 0 spiro atoms. The topological polar surface area (TPSA) is 27.4 Å². The van der Waals surface area contributed by atoms with E-state index in [0.717, 1.165) is 12.2 Å². The monoisotopic (exact) mass is 369 g/mol. The number of hydrogen-bond acceptors (Lipinski definition) is 2. The van der Waals surface area contributed by atoms with E-state index < -0.39 is 0 Å². The molecule has 4 aromatic rings. The molecule has 0 bridgehead atoms. The molecule has 0 aliphatic rings. The van der Waals surface area contributed by atoms with Crippen LogP contribution in [0.15, 0.2) is 85.5 Å². The second-order valence-electron chi connectivity index (χ2n) is 7.00. The van der Waals surface area contributed by atoms with E-state index in [9.17, 15) is 5.11 Å². The van der Waals surface area contributed by atoms with Crippen molar-refractivity contribution in [3.8, 4) is 11.1 Å². The van der Waals surface area contributed by atoms with Crippen molar-refractivity contribution < 1.29 is 9.67 Å². The zero-order valence-corrected chi connectivity index (χ0v) is 16.2. The highest BCUT2D eigenvalue weighted by Crippen LogP contribution is 2.34. The molecule has 28 heavy (non-hydrogen) atoms. The number of nitrogens with zero attached hydrogens (tertiary/aromatic N) is 2. The van der Waals surface area contributed by atoms with Crippen LogP contribution in [0.5, 0.6) is 0 Å². The number of para-hydroxylation sites is 2. The lowest BCUT2D eigenvalue weighted by molar-refractivity contribution is -0.634. The molecule has 0 saturated heterocycles. The van der Waals surface area contributed by atoms with Crippen molar-refractivity contribution in [2.24, 2.45) is 0 Å². The molecule has 3 heteroatoms. The lowest BCUT2D eigenvalue weighted by atomic mass is 9.95. The first-order valence-corrected chi connectivity index (χ1v) is 9.61. The molecule has 1 N–H and O–H groups in total. The maximum atomic E-state index is 9.19. The van der Waals surface area contributed by atoms with Crippen molar-refractivity contribution in [2.45, 2.75) is 6.54 Å². The van der Waals surface area contributed by atoms with Crippen LogP contribution in [-0.4, -0.2) is 25.3 Å². The second kappa shape index (κ2) is 7.83. The third kappa shape index (κ3) is 3.14. The summed E-state index contributed by atoms with van der Waals surface area (Å²) in [6.45, 7) is 5.49. The molecule has 1 aromatic heterocycles. The van der Waals surface area contributed by atoms with Gasteiger partial charge in [0, 0.05) is 37.0 Å². The summed E-state index contributed by atoms with van der Waals surface area (Å²) in [4.78, 5) is 2.06. The Morgan fingerprint density at radius 3 is 2.00 bits per heavy atom. The van der Waals surface area contributed by atoms with Gasteiger partial charge >= 0.3 is 0 Å². The Morgan fingerprint density at radius 1 is 0.893 bits per heavy atom. The molecule has 0 aliphatic heterocycles. The van der Waals surface area contributed by atoms with E-state index in [4.69, 9.17) is 0 Å². The average Bonchev–Trinajstić information content (AvgIpc) is 2.74. The smallest absolute Gasteiger partial charge is 0.213 e. The van der Waals surface area contributed by atoms with E-state index in [1.54, 1.807) is 0 Å². The zero-order valence-electron chi connectivity index (χ0n) is 16.2. The Morgan fingerprint density at radius 2 is 1.46 bits per heavy atom. The van der Waals surface area contributed by atoms with E-state index in [0.29, 0.717) is 6.54 Å². The number of aromatic nitrogens is 1. The van der Waals surface area contributed by atoms with Gasteiger partial charge in [-0.1, -0.05) is 43.0 Å². The van der Waals surface area contributed by atoms with E-state index in [1.807, 2.05) is 13.1 Å². The maximum Gasteiger partial charge on any atom is 0.213 e. The standard InChI is InChI=1S/C25H25N2O/c1-3-16-27-23-10-6-4-8-21(23)25(22-9-5-7-11-24(22)27)19-12-14-20(15-13-19)26(2)17-18-28/h3-15,28H,1,16-18H2,2H3/q+1. The number of anilines is 1. The van der Waals surface area contributed by atoms with Gasteiger partial charge in [-0.3, -0.25) is 0 Å². The molecular formula is C25H25N2O+. The Labute approximate surface area is 165 Å². The van der Waals surface area contributed by atoms with Crippen molar-refractivity contribution in [3.63, 3.8) is 0 Å². The highest BCUT2D eigenvalue weighted by molar-refractivity contribution is 6.07. The number of likely N-dealkylation sites (N-methyl/N-ethyl adjacent to an activating group) is 1. The van der Waals surface area contributed by atoms with Crippen LogP contribution in [0.25, 0.3) is 32.9 Å². The third-order valence-corrected chi connectivity index (χ3v) is 5.27. The minimum atomic E-state index is 0.148. The molecule has 0 radical (unpaired) electrons. The fraction of sp³-hybridized carbons (Fsp3) is 0.160. The predicted molar refractivity (Wildman–Crippen MR) is 118 cm³/mol. The van der Waals surface area contributed by atoms with Gasteiger partial charge in [-0.2, -0.15) is 4.57 Å². The molecule has 3 nitrogen and oxygen atoms in total. The van der Waals surface area contributed by atoms with Crippen LogP contribution >= 0.6 is 0 Å². The molecular weight excluding hydrogens is 344 g/mol. The Bertz CT molecular complexity index is 1080. The average molecular weight is 369 g/mol. The minimum Gasteiger partial charge on any atom is -0.395 e. The van der Waals surface area contributed by atoms with Gasteiger partial charge in [0.2, 0.25) is 11.0 Å². The summed E-state index contributed by atoms with van der Waals surface area (Å²) in [5, 5.41) is 11.7. The quantitative estimate of drug-likeness (QED) is 0.306. The Hall–Kier alpha value is -3.17. The molecule has 0 aliphatic carbocycles. The number of pyridine rings is 1. The highest BCUT2D eigenvalue weighted by atomic mass is 16.3. The van der Waals surface area contributed by atoms with Gasteiger partial charge in [-0.05, 0) is 35.9 Å². The zero-order chi connectivity index (χ0) is 19.5. The number of rotatable bonds is 6.